The predicted octanol–water partition coefficient (Wildman–Crippen LogP) is 1.36. The zero-order chi connectivity index (χ0) is 14.0. The Morgan fingerprint density at radius 3 is 2.56 bits per heavy atom. The molecule has 2 atom stereocenters. The van der Waals surface area contributed by atoms with Gasteiger partial charge in [-0.2, -0.15) is 0 Å². The SMILES string of the molecule is CCNC(C)(CCOC(C)COCC)C(=O)OC. The smallest absolute Gasteiger partial charge is 0.325 e. The minimum absolute atomic E-state index is 0.0356. The van der Waals surface area contributed by atoms with Gasteiger partial charge in [-0.1, -0.05) is 6.92 Å². The molecule has 0 aromatic heterocycles. The molecule has 0 bridgehead atoms. The number of ether oxygens (including phenoxy) is 3. The average Bonchev–Trinajstić information content (AvgIpc) is 2.35. The highest BCUT2D eigenvalue weighted by atomic mass is 16.5. The topological polar surface area (TPSA) is 56.8 Å². The van der Waals surface area contributed by atoms with Gasteiger partial charge < -0.3 is 19.5 Å². The Labute approximate surface area is 110 Å². The van der Waals surface area contributed by atoms with Crippen molar-refractivity contribution in [2.75, 3.05) is 33.5 Å². The van der Waals surface area contributed by atoms with Gasteiger partial charge in [-0.15, -0.1) is 0 Å². The lowest BCUT2D eigenvalue weighted by Gasteiger charge is -2.28. The average molecular weight is 261 g/mol. The summed E-state index contributed by atoms with van der Waals surface area (Å²) >= 11 is 0. The maximum atomic E-state index is 11.7. The van der Waals surface area contributed by atoms with Crippen LogP contribution in [0.4, 0.5) is 0 Å². The molecule has 0 aliphatic heterocycles. The molecule has 5 heteroatoms. The first-order chi connectivity index (χ1) is 8.50. The molecule has 0 amide bonds. The van der Waals surface area contributed by atoms with Crippen LogP contribution in [0.15, 0.2) is 0 Å². The van der Waals surface area contributed by atoms with Crippen molar-refractivity contribution in [3.63, 3.8) is 0 Å². The van der Waals surface area contributed by atoms with E-state index in [0.717, 1.165) is 0 Å². The third kappa shape index (κ3) is 6.33. The second-order valence-corrected chi connectivity index (χ2v) is 4.44. The van der Waals surface area contributed by atoms with Crippen LogP contribution in [-0.4, -0.2) is 51.1 Å². The molecule has 0 aromatic rings. The second-order valence-electron chi connectivity index (χ2n) is 4.44. The van der Waals surface area contributed by atoms with Crippen molar-refractivity contribution >= 4 is 5.97 Å². The van der Waals surface area contributed by atoms with Crippen molar-refractivity contribution in [3.05, 3.63) is 0 Å². The van der Waals surface area contributed by atoms with Gasteiger partial charge in [0.2, 0.25) is 0 Å². The van der Waals surface area contributed by atoms with Crippen molar-refractivity contribution in [2.24, 2.45) is 0 Å². The van der Waals surface area contributed by atoms with Crippen LogP contribution in [0.3, 0.4) is 0 Å². The number of methoxy groups -OCH3 is 1. The summed E-state index contributed by atoms with van der Waals surface area (Å²) in [6, 6.07) is 0. The number of esters is 1. The predicted molar refractivity (Wildman–Crippen MR) is 70.6 cm³/mol. The molecule has 0 spiro atoms. The van der Waals surface area contributed by atoms with Crippen molar-refractivity contribution in [3.8, 4) is 0 Å². The fraction of sp³-hybridized carbons (Fsp3) is 0.923. The van der Waals surface area contributed by atoms with E-state index in [2.05, 4.69) is 5.32 Å². The molecule has 0 heterocycles. The van der Waals surface area contributed by atoms with Crippen LogP contribution in [0.5, 0.6) is 0 Å². The second kappa shape index (κ2) is 9.30. The summed E-state index contributed by atoms with van der Waals surface area (Å²) in [6.45, 7) is 10.2. The lowest BCUT2D eigenvalue weighted by atomic mass is 9.98. The summed E-state index contributed by atoms with van der Waals surface area (Å²) in [6.07, 6.45) is 0.609. The van der Waals surface area contributed by atoms with Crippen LogP contribution in [0.25, 0.3) is 0 Å². The maximum absolute atomic E-state index is 11.7. The van der Waals surface area contributed by atoms with Crippen LogP contribution in [0, 0.1) is 0 Å². The van der Waals surface area contributed by atoms with Gasteiger partial charge in [0.25, 0.3) is 0 Å². The van der Waals surface area contributed by atoms with E-state index in [9.17, 15) is 4.79 Å². The lowest BCUT2D eigenvalue weighted by Crippen LogP contribution is -2.51. The highest BCUT2D eigenvalue weighted by molar-refractivity contribution is 5.80. The molecule has 0 aromatic carbocycles. The van der Waals surface area contributed by atoms with E-state index in [-0.39, 0.29) is 12.1 Å². The standard InChI is InChI=1S/C13H27NO4/c1-6-14-13(4,12(15)16-5)8-9-18-11(3)10-17-7-2/h11,14H,6-10H2,1-5H3. The Bertz CT molecular complexity index is 235. The molecule has 0 radical (unpaired) electrons. The van der Waals surface area contributed by atoms with E-state index in [4.69, 9.17) is 14.2 Å². The van der Waals surface area contributed by atoms with Crippen molar-refractivity contribution in [2.45, 2.75) is 45.8 Å². The van der Waals surface area contributed by atoms with E-state index in [1.54, 1.807) is 0 Å². The number of carbonyl (C=O) groups excluding carboxylic acids is 1. The van der Waals surface area contributed by atoms with E-state index in [0.29, 0.717) is 32.8 Å². The van der Waals surface area contributed by atoms with E-state index in [1.165, 1.54) is 7.11 Å². The molecule has 2 unspecified atom stereocenters. The van der Waals surface area contributed by atoms with Crippen LogP contribution < -0.4 is 5.32 Å². The molecule has 0 saturated heterocycles. The van der Waals surface area contributed by atoms with Crippen LogP contribution in [0.2, 0.25) is 0 Å². The zero-order valence-corrected chi connectivity index (χ0v) is 12.2. The summed E-state index contributed by atoms with van der Waals surface area (Å²) in [5, 5.41) is 3.14. The summed E-state index contributed by atoms with van der Waals surface area (Å²) in [5.41, 5.74) is -0.686. The Morgan fingerprint density at radius 2 is 2.06 bits per heavy atom. The van der Waals surface area contributed by atoms with Crippen molar-refractivity contribution in [1.82, 2.24) is 5.32 Å². The minimum Gasteiger partial charge on any atom is -0.468 e. The zero-order valence-electron chi connectivity index (χ0n) is 12.2. The Hall–Kier alpha value is -0.650. The van der Waals surface area contributed by atoms with E-state index < -0.39 is 5.54 Å². The van der Waals surface area contributed by atoms with Gasteiger partial charge in [0, 0.05) is 13.2 Å². The molecule has 0 aliphatic rings. The monoisotopic (exact) mass is 261 g/mol. The molecule has 0 saturated carbocycles. The molecule has 5 nitrogen and oxygen atoms in total. The summed E-state index contributed by atoms with van der Waals surface area (Å²) in [4.78, 5) is 11.7. The normalized spacial score (nSPS) is 16.1. The number of rotatable bonds is 10. The van der Waals surface area contributed by atoms with Gasteiger partial charge in [0.15, 0.2) is 0 Å². The lowest BCUT2D eigenvalue weighted by molar-refractivity contribution is -0.149. The van der Waals surface area contributed by atoms with Gasteiger partial charge in [-0.25, -0.2) is 0 Å². The van der Waals surface area contributed by atoms with Crippen molar-refractivity contribution < 1.29 is 19.0 Å². The largest absolute Gasteiger partial charge is 0.468 e. The van der Waals surface area contributed by atoms with E-state index >= 15 is 0 Å². The van der Waals surface area contributed by atoms with Crippen LogP contribution in [-0.2, 0) is 19.0 Å². The number of hydrogen-bond acceptors (Lipinski definition) is 5. The highest BCUT2D eigenvalue weighted by Crippen LogP contribution is 2.12. The fourth-order valence-electron chi connectivity index (χ4n) is 1.67. The molecular formula is C13H27NO4. The Kier molecular flexibility index (Phi) is 8.97. The summed E-state index contributed by atoms with van der Waals surface area (Å²) < 4.78 is 15.7. The van der Waals surface area contributed by atoms with Gasteiger partial charge in [0.1, 0.15) is 5.54 Å². The quantitative estimate of drug-likeness (QED) is 0.602. The van der Waals surface area contributed by atoms with Gasteiger partial charge in [-0.3, -0.25) is 4.79 Å². The van der Waals surface area contributed by atoms with Gasteiger partial charge >= 0.3 is 5.97 Å². The van der Waals surface area contributed by atoms with Crippen LogP contribution in [0.1, 0.15) is 34.1 Å². The van der Waals surface area contributed by atoms with Crippen molar-refractivity contribution in [1.29, 1.82) is 0 Å². The first-order valence-corrected chi connectivity index (χ1v) is 6.53. The third-order valence-corrected chi connectivity index (χ3v) is 2.76. The number of nitrogens with one attached hydrogen (secondary N) is 1. The summed E-state index contributed by atoms with van der Waals surface area (Å²) in [5.74, 6) is -0.259. The minimum atomic E-state index is -0.686. The number of likely N-dealkylation sites (N-methyl/N-ethyl adjacent to an activating group) is 1. The molecular weight excluding hydrogens is 234 g/mol. The third-order valence-electron chi connectivity index (χ3n) is 2.76. The number of carbonyl (C=O) groups is 1. The molecule has 0 aliphatic carbocycles. The molecule has 1 N–H and O–H groups in total. The maximum Gasteiger partial charge on any atom is 0.325 e. The van der Waals surface area contributed by atoms with Crippen LogP contribution >= 0.6 is 0 Å². The molecule has 0 fully saturated rings. The summed E-state index contributed by atoms with van der Waals surface area (Å²) in [7, 11) is 1.40. The number of hydrogen-bond donors (Lipinski definition) is 1. The Morgan fingerprint density at radius 1 is 1.39 bits per heavy atom. The molecule has 108 valence electrons. The molecule has 18 heavy (non-hydrogen) atoms. The van der Waals surface area contributed by atoms with Gasteiger partial charge in [0.05, 0.1) is 19.8 Å². The first-order valence-electron chi connectivity index (χ1n) is 6.53. The molecule has 0 rings (SSSR count). The van der Waals surface area contributed by atoms with Gasteiger partial charge in [-0.05, 0) is 33.7 Å². The highest BCUT2D eigenvalue weighted by Gasteiger charge is 2.33. The fourth-order valence-corrected chi connectivity index (χ4v) is 1.67. The first kappa shape index (κ1) is 17.4. The Balaban J connectivity index is 4.08. The van der Waals surface area contributed by atoms with E-state index in [1.807, 2.05) is 27.7 Å².